The third-order valence-electron chi connectivity index (χ3n) is 2.33. The molecule has 15 heavy (non-hydrogen) atoms. The molecule has 0 radical (unpaired) electrons. The SMILES string of the molecule is CC(=O)SCC=Cc1cccc(C)c1C. The maximum atomic E-state index is 10.7. The summed E-state index contributed by atoms with van der Waals surface area (Å²) in [5.74, 6) is 0.753. The molecule has 0 aromatic heterocycles. The van der Waals surface area contributed by atoms with Gasteiger partial charge in [0.15, 0.2) is 5.12 Å². The van der Waals surface area contributed by atoms with E-state index < -0.39 is 0 Å². The number of carbonyl (C=O) groups is 1. The summed E-state index contributed by atoms with van der Waals surface area (Å²) in [4.78, 5) is 10.7. The fraction of sp³-hybridized carbons (Fsp3) is 0.308. The lowest BCUT2D eigenvalue weighted by Crippen LogP contribution is -1.85. The largest absolute Gasteiger partial charge is 0.288 e. The normalized spacial score (nSPS) is 10.9. The summed E-state index contributed by atoms with van der Waals surface area (Å²) in [5.41, 5.74) is 3.84. The van der Waals surface area contributed by atoms with E-state index in [1.165, 1.54) is 28.5 Å². The van der Waals surface area contributed by atoms with Crippen molar-refractivity contribution in [3.63, 3.8) is 0 Å². The molecule has 0 heterocycles. The standard InChI is InChI=1S/C13H16OS/c1-10-6-4-7-13(11(10)2)8-5-9-15-12(3)14/h4-8H,9H2,1-3H3. The molecule has 0 amide bonds. The fourth-order valence-corrected chi connectivity index (χ4v) is 1.72. The van der Waals surface area contributed by atoms with E-state index in [4.69, 9.17) is 0 Å². The van der Waals surface area contributed by atoms with Crippen molar-refractivity contribution < 1.29 is 4.79 Å². The molecular weight excluding hydrogens is 204 g/mol. The van der Waals surface area contributed by atoms with Crippen LogP contribution in [-0.4, -0.2) is 10.9 Å². The Balaban J connectivity index is 2.64. The molecule has 0 unspecified atom stereocenters. The Morgan fingerprint density at radius 2 is 2.13 bits per heavy atom. The number of thioether (sulfide) groups is 1. The van der Waals surface area contributed by atoms with Gasteiger partial charge in [-0.05, 0) is 30.5 Å². The van der Waals surface area contributed by atoms with Crippen molar-refractivity contribution in [3.8, 4) is 0 Å². The molecule has 0 atom stereocenters. The van der Waals surface area contributed by atoms with Crippen LogP contribution in [0.25, 0.3) is 6.08 Å². The number of aryl methyl sites for hydroxylation is 1. The first-order valence-corrected chi connectivity index (χ1v) is 5.96. The summed E-state index contributed by atoms with van der Waals surface area (Å²) in [6.07, 6.45) is 4.12. The number of carbonyl (C=O) groups excluding carboxylic acids is 1. The number of benzene rings is 1. The Kier molecular flexibility index (Phi) is 4.63. The number of hydrogen-bond acceptors (Lipinski definition) is 2. The topological polar surface area (TPSA) is 17.1 Å². The first kappa shape index (κ1) is 12.1. The molecular formula is C13H16OS. The zero-order chi connectivity index (χ0) is 11.3. The van der Waals surface area contributed by atoms with Crippen LogP contribution in [0.4, 0.5) is 0 Å². The average molecular weight is 220 g/mol. The number of rotatable bonds is 3. The molecule has 0 aliphatic rings. The minimum atomic E-state index is 0.167. The van der Waals surface area contributed by atoms with Gasteiger partial charge < -0.3 is 0 Å². The van der Waals surface area contributed by atoms with E-state index in [2.05, 4.69) is 38.1 Å². The van der Waals surface area contributed by atoms with Crippen LogP contribution in [0.15, 0.2) is 24.3 Å². The molecule has 80 valence electrons. The van der Waals surface area contributed by atoms with Gasteiger partial charge in [-0.2, -0.15) is 0 Å². The average Bonchev–Trinajstić information content (AvgIpc) is 2.18. The van der Waals surface area contributed by atoms with E-state index in [1.807, 2.05) is 6.08 Å². The summed E-state index contributed by atoms with van der Waals surface area (Å²) >= 11 is 1.33. The van der Waals surface area contributed by atoms with Gasteiger partial charge in [-0.25, -0.2) is 0 Å². The van der Waals surface area contributed by atoms with E-state index in [1.54, 1.807) is 6.92 Å². The van der Waals surface area contributed by atoms with Crippen LogP contribution in [0, 0.1) is 13.8 Å². The highest BCUT2D eigenvalue weighted by molar-refractivity contribution is 8.13. The molecule has 0 spiro atoms. The smallest absolute Gasteiger partial charge is 0.186 e. The van der Waals surface area contributed by atoms with Gasteiger partial charge in [0.2, 0.25) is 0 Å². The molecule has 1 nitrogen and oxygen atoms in total. The van der Waals surface area contributed by atoms with Crippen molar-refractivity contribution in [3.05, 3.63) is 41.0 Å². The Bertz CT molecular complexity index is 380. The molecule has 1 aromatic carbocycles. The minimum Gasteiger partial charge on any atom is -0.288 e. The first-order valence-electron chi connectivity index (χ1n) is 4.97. The van der Waals surface area contributed by atoms with Crippen molar-refractivity contribution in [2.24, 2.45) is 0 Å². The van der Waals surface area contributed by atoms with Gasteiger partial charge in [-0.1, -0.05) is 42.1 Å². The Labute approximate surface area is 95.6 Å². The molecule has 0 aliphatic carbocycles. The fourth-order valence-electron chi connectivity index (χ4n) is 1.29. The maximum absolute atomic E-state index is 10.7. The molecule has 1 aromatic rings. The minimum absolute atomic E-state index is 0.167. The van der Waals surface area contributed by atoms with Gasteiger partial charge in [0.25, 0.3) is 0 Å². The van der Waals surface area contributed by atoms with Crippen molar-refractivity contribution in [2.45, 2.75) is 20.8 Å². The quantitative estimate of drug-likeness (QED) is 0.774. The maximum Gasteiger partial charge on any atom is 0.186 e. The first-order chi connectivity index (χ1) is 7.11. The third kappa shape index (κ3) is 3.92. The second kappa shape index (κ2) is 5.76. The summed E-state index contributed by atoms with van der Waals surface area (Å²) in [5, 5.41) is 0.167. The lowest BCUT2D eigenvalue weighted by Gasteiger charge is -2.03. The summed E-state index contributed by atoms with van der Waals surface area (Å²) in [7, 11) is 0. The van der Waals surface area contributed by atoms with Crippen molar-refractivity contribution >= 4 is 23.0 Å². The molecule has 1 rings (SSSR count). The second-order valence-electron chi connectivity index (χ2n) is 3.49. The summed E-state index contributed by atoms with van der Waals surface area (Å²) in [6, 6.07) is 6.26. The van der Waals surface area contributed by atoms with Crippen LogP contribution in [0.2, 0.25) is 0 Å². The van der Waals surface area contributed by atoms with Crippen LogP contribution >= 0.6 is 11.8 Å². The van der Waals surface area contributed by atoms with Gasteiger partial charge in [0, 0.05) is 12.7 Å². The molecule has 0 saturated heterocycles. The third-order valence-corrected chi connectivity index (χ3v) is 3.09. The lowest BCUT2D eigenvalue weighted by molar-refractivity contribution is -0.109. The van der Waals surface area contributed by atoms with Gasteiger partial charge in [0.05, 0.1) is 0 Å². The van der Waals surface area contributed by atoms with Gasteiger partial charge in [-0.15, -0.1) is 0 Å². The van der Waals surface area contributed by atoms with Crippen molar-refractivity contribution in [2.75, 3.05) is 5.75 Å². The molecule has 0 aliphatic heterocycles. The zero-order valence-electron chi connectivity index (χ0n) is 9.41. The van der Waals surface area contributed by atoms with Crippen LogP contribution in [0.5, 0.6) is 0 Å². The van der Waals surface area contributed by atoms with Crippen LogP contribution in [0.3, 0.4) is 0 Å². The zero-order valence-corrected chi connectivity index (χ0v) is 10.2. The van der Waals surface area contributed by atoms with E-state index in [0.717, 1.165) is 5.75 Å². The molecule has 2 heteroatoms. The highest BCUT2D eigenvalue weighted by Crippen LogP contribution is 2.14. The molecule has 0 saturated carbocycles. The van der Waals surface area contributed by atoms with E-state index in [0.29, 0.717) is 0 Å². The van der Waals surface area contributed by atoms with Crippen LogP contribution in [-0.2, 0) is 4.79 Å². The van der Waals surface area contributed by atoms with E-state index in [-0.39, 0.29) is 5.12 Å². The molecule has 0 bridgehead atoms. The Morgan fingerprint density at radius 1 is 1.40 bits per heavy atom. The van der Waals surface area contributed by atoms with Crippen molar-refractivity contribution in [1.29, 1.82) is 0 Å². The Hall–Kier alpha value is -1.02. The predicted octanol–water partition coefficient (Wildman–Crippen LogP) is 3.60. The molecule has 0 N–H and O–H groups in total. The molecule has 0 fully saturated rings. The van der Waals surface area contributed by atoms with Crippen LogP contribution in [0.1, 0.15) is 23.6 Å². The lowest BCUT2D eigenvalue weighted by atomic mass is 10.0. The van der Waals surface area contributed by atoms with E-state index in [9.17, 15) is 4.79 Å². The monoisotopic (exact) mass is 220 g/mol. The summed E-state index contributed by atoms with van der Waals surface area (Å²) in [6.45, 7) is 5.82. The van der Waals surface area contributed by atoms with Crippen molar-refractivity contribution in [1.82, 2.24) is 0 Å². The predicted molar refractivity (Wildman–Crippen MR) is 68.1 cm³/mol. The highest BCUT2D eigenvalue weighted by atomic mass is 32.2. The van der Waals surface area contributed by atoms with Gasteiger partial charge in [-0.3, -0.25) is 4.79 Å². The van der Waals surface area contributed by atoms with Crippen LogP contribution < -0.4 is 0 Å². The second-order valence-corrected chi connectivity index (χ2v) is 4.69. The van der Waals surface area contributed by atoms with Gasteiger partial charge >= 0.3 is 0 Å². The Morgan fingerprint density at radius 3 is 2.80 bits per heavy atom. The summed E-state index contributed by atoms with van der Waals surface area (Å²) < 4.78 is 0. The highest BCUT2D eigenvalue weighted by Gasteiger charge is 1.96. The van der Waals surface area contributed by atoms with Gasteiger partial charge in [0.1, 0.15) is 0 Å². The van der Waals surface area contributed by atoms with E-state index >= 15 is 0 Å². The number of hydrogen-bond donors (Lipinski definition) is 0.